The standard InChI is InChI=1S/C23H18N2/c1-25(18-11-10-16-6-2-3-7-17(16)14-18)19-12-13-23-21(15-19)20-8-4-5-9-22(20)24-23/h2-15,24H,1H3. The third-order valence-corrected chi connectivity index (χ3v) is 5.00. The van der Waals surface area contributed by atoms with Gasteiger partial charge >= 0.3 is 0 Å². The molecule has 0 unspecified atom stereocenters. The fourth-order valence-electron chi connectivity index (χ4n) is 3.58. The van der Waals surface area contributed by atoms with Crippen molar-refractivity contribution in [3.05, 3.63) is 84.9 Å². The topological polar surface area (TPSA) is 19.0 Å². The highest BCUT2D eigenvalue weighted by Gasteiger charge is 2.09. The quantitative estimate of drug-likeness (QED) is 0.407. The van der Waals surface area contributed by atoms with Gasteiger partial charge in [0.2, 0.25) is 0 Å². The minimum atomic E-state index is 1.18. The van der Waals surface area contributed by atoms with E-state index in [0.717, 1.165) is 0 Å². The Hall–Kier alpha value is -3.26. The zero-order valence-electron chi connectivity index (χ0n) is 14.0. The minimum absolute atomic E-state index is 1.18. The lowest BCUT2D eigenvalue weighted by molar-refractivity contribution is 1.22. The summed E-state index contributed by atoms with van der Waals surface area (Å²) < 4.78 is 0. The first-order chi connectivity index (χ1) is 12.3. The first kappa shape index (κ1) is 14.1. The molecule has 0 aliphatic carbocycles. The molecule has 5 rings (SSSR count). The van der Waals surface area contributed by atoms with Gasteiger partial charge in [-0.25, -0.2) is 0 Å². The van der Waals surface area contributed by atoms with Gasteiger partial charge in [0.25, 0.3) is 0 Å². The Kier molecular flexibility index (Phi) is 3.04. The molecule has 0 saturated carbocycles. The summed E-state index contributed by atoms with van der Waals surface area (Å²) >= 11 is 0. The molecule has 0 bridgehead atoms. The largest absolute Gasteiger partial charge is 0.355 e. The van der Waals surface area contributed by atoms with E-state index in [-0.39, 0.29) is 0 Å². The zero-order chi connectivity index (χ0) is 16.8. The highest BCUT2D eigenvalue weighted by Crippen LogP contribution is 2.32. The van der Waals surface area contributed by atoms with Crippen molar-refractivity contribution in [1.29, 1.82) is 0 Å². The highest BCUT2D eigenvalue weighted by atomic mass is 15.1. The van der Waals surface area contributed by atoms with Crippen LogP contribution in [0.5, 0.6) is 0 Å². The van der Waals surface area contributed by atoms with Crippen molar-refractivity contribution in [1.82, 2.24) is 4.98 Å². The van der Waals surface area contributed by atoms with E-state index in [4.69, 9.17) is 0 Å². The molecule has 1 heterocycles. The van der Waals surface area contributed by atoms with Gasteiger partial charge in [-0.15, -0.1) is 0 Å². The molecule has 0 atom stereocenters. The second-order valence-corrected chi connectivity index (χ2v) is 6.49. The average molecular weight is 322 g/mol. The number of anilines is 2. The molecule has 2 nitrogen and oxygen atoms in total. The number of fused-ring (bicyclic) bond motifs is 4. The van der Waals surface area contributed by atoms with Crippen molar-refractivity contribution in [3.63, 3.8) is 0 Å². The molecule has 0 radical (unpaired) electrons. The summed E-state index contributed by atoms with van der Waals surface area (Å²) in [6.07, 6.45) is 0. The highest BCUT2D eigenvalue weighted by molar-refractivity contribution is 6.08. The number of benzene rings is 4. The number of para-hydroxylation sites is 1. The van der Waals surface area contributed by atoms with Gasteiger partial charge in [0.1, 0.15) is 0 Å². The van der Waals surface area contributed by atoms with E-state index in [1.165, 1.54) is 44.0 Å². The number of aromatic amines is 1. The number of hydrogen-bond acceptors (Lipinski definition) is 1. The van der Waals surface area contributed by atoms with Crippen molar-refractivity contribution in [2.45, 2.75) is 0 Å². The summed E-state index contributed by atoms with van der Waals surface area (Å²) in [7, 11) is 2.13. The van der Waals surface area contributed by atoms with Crippen LogP contribution >= 0.6 is 0 Å². The molecule has 1 N–H and O–H groups in total. The zero-order valence-corrected chi connectivity index (χ0v) is 14.0. The van der Waals surface area contributed by atoms with Crippen LogP contribution in [0.3, 0.4) is 0 Å². The van der Waals surface area contributed by atoms with Crippen molar-refractivity contribution in [3.8, 4) is 0 Å². The molecule has 0 fully saturated rings. The molecule has 4 aromatic carbocycles. The molecular formula is C23H18N2. The average Bonchev–Trinajstić information content (AvgIpc) is 3.05. The summed E-state index contributed by atoms with van der Waals surface area (Å²) in [6, 6.07) is 30.2. The summed E-state index contributed by atoms with van der Waals surface area (Å²) in [5, 5.41) is 5.07. The summed E-state index contributed by atoms with van der Waals surface area (Å²) in [4.78, 5) is 5.73. The molecular weight excluding hydrogens is 304 g/mol. The van der Waals surface area contributed by atoms with Gasteiger partial charge < -0.3 is 9.88 Å². The Balaban J connectivity index is 1.64. The molecule has 2 heteroatoms. The maximum Gasteiger partial charge on any atom is 0.0466 e. The van der Waals surface area contributed by atoms with Crippen LogP contribution in [-0.4, -0.2) is 12.0 Å². The van der Waals surface area contributed by atoms with E-state index in [1.54, 1.807) is 0 Å². The molecule has 0 aliphatic heterocycles. The number of aromatic nitrogens is 1. The van der Waals surface area contributed by atoms with Crippen LogP contribution in [0.2, 0.25) is 0 Å². The summed E-state index contributed by atoms with van der Waals surface area (Å²) in [5.74, 6) is 0. The predicted molar refractivity (Wildman–Crippen MR) is 108 cm³/mol. The Morgan fingerprint density at radius 2 is 1.28 bits per heavy atom. The lowest BCUT2D eigenvalue weighted by Gasteiger charge is -2.20. The SMILES string of the molecule is CN(c1ccc2ccccc2c1)c1ccc2[nH]c3ccccc3c2c1. The van der Waals surface area contributed by atoms with Gasteiger partial charge in [-0.1, -0.05) is 48.5 Å². The Bertz CT molecular complexity index is 1220. The minimum Gasteiger partial charge on any atom is -0.355 e. The number of nitrogens with one attached hydrogen (secondary N) is 1. The maximum atomic E-state index is 3.49. The van der Waals surface area contributed by atoms with E-state index < -0.39 is 0 Å². The van der Waals surface area contributed by atoms with Crippen LogP contribution in [0.1, 0.15) is 0 Å². The second kappa shape index (κ2) is 5.38. The summed E-state index contributed by atoms with van der Waals surface area (Å²) in [6.45, 7) is 0. The third kappa shape index (κ3) is 2.26. The molecule has 0 saturated heterocycles. The smallest absolute Gasteiger partial charge is 0.0466 e. The van der Waals surface area contributed by atoms with E-state index >= 15 is 0 Å². The fraction of sp³-hybridized carbons (Fsp3) is 0.0435. The number of rotatable bonds is 2. The third-order valence-electron chi connectivity index (χ3n) is 5.00. The van der Waals surface area contributed by atoms with E-state index in [9.17, 15) is 0 Å². The molecule has 25 heavy (non-hydrogen) atoms. The number of hydrogen-bond donors (Lipinski definition) is 1. The lowest BCUT2D eigenvalue weighted by atomic mass is 10.1. The molecule has 5 aromatic rings. The normalized spacial score (nSPS) is 11.4. The maximum absolute atomic E-state index is 3.49. The van der Waals surface area contributed by atoms with Crippen molar-refractivity contribution >= 4 is 44.0 Å². The molecule has 1 aromatic heterocycles. The van der Waals surface area contributed by atoms with Crippen LogP contribution in [0.15, 0.2) is 84.9 Å². The molecule has 0 aliphatic rings. The monoisotopic (exact) mass is 322 g/mol. The van der Waals surface area contributed by atoms with E-state index in [2.05, 4.69) is 102 Å². The van der Waals surface area contributed by atoms with Crippen molar-refractivity contribution in [2.24, 2.45) is 0 Å². The Morgan fingerprint density at radius 3 is 2.20 bits per heavy atom. The van der Waals surface area contributed by atoms with Crippen LogP contribution in [-0.2, 0) is 0 Å². The molecule has 0 spiro atoms. The van der Waals surface area contributed by atoms with E-state index in [1.807, 2.05) is 0 Å². The lowest BCUT2D eigenvalue weighted by Crippen LogP contribution is -2.09. The van der Waals surface area contributed by atoms with Gasteiger partial charge in [-0.2, -0.15) is 0 Å². The van der Waals surface area contributed by atoms with Crippen LogP contribution in [0.25, 0.3) is 32.6 Å². The van der Waals surface area contributed by atoms with Gasteiger partial charge in [-0.3, -0.25) is 0 Å². The first-order valence-corrected chi connectivity index (χ1v) is 8.53. The summed E-state index contributed by atoms with van der Waals surface area (Å²) in [5.41, 5.74) is 4.74. The van der Waals surface area contributed by atoms with E-state index in [0.29, 0.717) is 0 Å². The van der Waals surface area contributed by atoms with Gasteiger partial charge in [-0.05, 0) is 47.2 Å². The van der Waals surface area contributed by atoms with Gasteiger partial charge in [0, 0.05) is 40.2 Å². The molecule has 0 amide bonds. The van der Waals surface area contributed by atoms with Crippen LogP contribution < -0.4 is 4.90 Å². The van der Waals surface area contributed by atoms with Gasteiger partial charge in [0.15, 0.2) is 0 Å². The number of H-pyrrole nitrogens is 1. The van der Waals surface area contributed by atoms with Crippen LogP contribution in [0, 0.1) is 0 Å². The Labute approximate surface area is 146 Å². The van der Waals surface area contributed by atoms with Crippen molar-refractivity contribution < 1.29 is 0 Å². The van der Waals surface area contributed by atoms with Crippen molar-refractivity contribution in [2.75, 3.05) is 11.9 Å². The second-order valence-electron chi connectivity index (χ2n) is 6.49. The predicted octanol–water partition coefficient (Wildman–Crippen LogP) is 6.24. The Morgan fingerprint density at radius 1 is 0.600 bits per heavy atom. The fourth-order valence-corrected chi connectivity index (χ4v) is 3.58. The number of nitrogens with zero attached hydrogens (tertiary/aromatic N) is 1. The van der Waals surface area contributed by atoms with Gasteiger partial charge in [0.05, 0.1) is 0 Å². The van der Waals surface area contributed by atoms with Crippen LogP contribution in [0.4, 0.5) is 11.4 Å². The first-order valence-electron chi connectivity index (χ1n) is 8.53. The molecule has 120 valence electrons.